The number of para-hydroxylation sites is 1. The number of carbonyl (C=O) groups excluding carboxylic acids is 2. The summed E-state index contributed by atoms with van der Waals surface area (Å²) in [5.41, 5.74) is 1.87. The quantitative estimate of drug-likeness (QED) is 0.743. The highest BCUT2D eigenvalue weighted by molar-refractivity contribution is 6.34. The molecule has 3 amide bonds. The minimum Gasteiger partial charge on any atom is -0.361 e. The van der Waals surface area contributed by atoms with E-state index in [1.54, 1.807) is 23.1 Å². The Hall–Kier alpha value is -2.73. The summed E-state index contributed by atoms with van der Waals surface area (Å²) in [6.07, 6.45) is 2.04. The number of rotatable bonds is 3. The number of likely N-dealkylation sites (tertiary alicyclic amines) is 1. The number of nitrogens with zero attached hydrogens (tertiary/aromatic N) is 1. The zero-order valence-corrected chi connectivity index (χ0v) is 16.3. The van der Waals surface area contributed by atoms with Crippen LogP contribution < -0.4 is 16.0 Å². The Morgan fingerprint density at radius 2 is 1.82 bits per heavy atom. The van der Waals surface area contributed by atoms with Crippen molar-refractivity contribution in [3.8, 4) is 0 Å². The minimum absolute atomic E-state index is 0.0636. The van der Waals surface area contributed by atoms with Crippen molar-refractivity contribution in [2.24, 2.45) is 0 Å². The lowest BCUT2D eigenvalue weighted by atomic mass is 9.92. The van der Waals surface area contributed by atoms with Crippen LogP contribution in [0.5, 0.6) is 0 Å². The standard InChI is InChI=1S/C21H23ClN4O2/c22-17-8-4-7-16-18(17)24-21(25-19(16)27)10-13-26(14-11-21)20(28)23-12-9-15-5-2-1-3-6-15/h1-8,24H,9-14H2,(H,23,28)(H,25,27). The molecule has 7 heteroatoms. The van der Waals surface area contributed by atoms with Crippen molar-refractivity contribution in [1.82, 2.24) is 15.5 Å². The zero-order chi connectivity index (χ0) is 19.6. The zero-order valence-electron chi connectivity index (χ0n) is 15.5. The van der Waals surface area contributed by atoms with Crippen LogP contribution in [-0.2, 0) is 6.42 Å². The highest BCUT2D eigenvalue weighted by atomic mass is 35.5. The molecular weight excluding hydrogens is 376 g/mol. The third-order valence-electron chi connectivity index (χ3n) is 5.41. The number of fused-ring (bicyclic) bond motifs is 1. The number of halogens is 1. The number of urea groups is 1. The van der Waals surface area contributed by atoms with Crippen LogP contribution in [-0.4, -0.2) is 42.1 Å². The molecule has 2 aliphatic heterocycles. The lowest BCUT2D eigenvalue weighted by Gasteiger charge is -2.46. The van der Waals surface area contributed by atoms with Gasteiger partial charge in [0.15, 0.2) is 0 Å². The highest BCUT2D eigenvalue weighted by Gasteiger charge is 2.41. The van der Waals surface area contributed by atoms with Crippen LogP contribution in [0.3, 0.4) is 0 Å². The summed E-state index contributed by atoms with van der Waals surface area (Å²) >= 11 is 6.28. The van der Waals surface area contributed by atoms with E-state index in [0.717, 1.165) is 6.42 Å². The molecule has 0 aliphatic carbocycles. The lowest BCUT2D eigenvalue weighted by Crippen LogP contribution is -2.63. The van der Waals surface area contributed by atoms with Crippen LogP contribution in [0.15, 0.2) is 48.5 Å². The maximum Gasteiger partial charge on any atom is 0.317 e. The van der Waals surface area contributed by atoms with E-state index < -0.39 is 5.66 Å². The Morgan fingerprint density at radius 3 is 2.57 bits per heavy atom. The maximum absolute atomic E-state index is 12.5. The smallest absolute Gasteiger partial charge is 0.317 e. The summed E-state index contributed by atoms with van der Waals surface area (Å²) in [7, 11) is 0. The first-order chi connectivity index (χ1) is 13.6. The second-order valence-electron chi connectivity index (χ2n) is 7.28. The number of benzene rings is 2. The van der Waals surface area contributed by atoms with Gasteiger partial charge in [-0.15, -0.1) is 0 Å². The second kappa shape index (κ2) is 7.72. The average molecular weight is 399 g/mol. The van der Waals surface area contributed by atoms with Crippen LogP contribution in [0.2, 0.25) is 5.02 Å². The van der Waals surface area contributed by atoms with Crippen molar-refractivity contribution >= 4 is 29.2 Å². The molecule has 0 aromatic heterocycles. The molecule has 2 aromatic carbocycles. The summed E-state index contributed by atoms with van der Waals surface area (Å²) in [4.78, 5) is 26.8. The predicted molar refractivity (Wildman–Crippen MR) is 110 cm³/mol. The van der Waals surface area contributed by atoms with Crippen molar-refractivity contribution < 1.29 is 9.59 Å². The van der Waals surface area contributed by atoms with Crippen LogP contribution in [0.4, 0.5) is 10.5 Å². The number of hydrogen-bond donors (Lipinski definition) is 3. The van der Waals surface area contributed by atoms with Crippen molar-refractivity contribution in [1.29, 1.82) is 0 Å². The molecule has 2 aliphatic rings. The van der Waals surface area contributed by atoms with Gasteiger partial charge in [-0.25, -0.2) is 4.79 Å². The Balaban J connectivity index is 1.32. The number of carbonyl (C=O) groups is 2. The molecule has 146 valence electrons. The van der Waals surface area contributed by atoms with Crippen LogP contribution in [0.25, 0.3) is 0 Å². The summed E-state index contributed by atoms with van der Waals surface area (Å²) in [5.74, 6) is -0.128. The number of nitrogens with one attached hydrogen (secondary N) is 3. The topological polar surface area (TPSA) is 73.5 Å². The monoisotopic (exact) mass is 398 g/mol. The van der Waals surface area contributed by atoms with E-state index in [0.29, 0.717) is 48.7 Å². The maximum atomic E-state index is 12.5. The van der Waals surface area contributed by atoms with Gasteiger partial charge in [0.2, 0.25) is 0 Å². The lowest BCUT2D eigenvalue weighted by molar-refractivity contribution is 0.0848. The molecule has 0 unspecified atom stereocenters. The van der Waals surface area contributed by atoms with Gasteiger partial charge in [0.25, 0.3) is 5.91 Å². The van der Waals surface area contributed by atoms with Gasteiger partial charge in [-0.05, 0) is 24.1 Å². The normalized spacial score (nSPS) is 17.5. The van der Waals surface area contributed by atoms with Gasteiger partial charge in [-0.1, -0.05) is 48.0 Å². The van der Waals surface area contributed by atoms with Crippen molar-refractivity contribution in [2.75, 3.05) is 25.0 Å². The fraction of sp³-hybridized carbons (Fsp3) is 0.333. The number of hydrogen-bond acceptors (Lipinski definition) is 3. The Morgan fingerprint density at radius 1 is 1.07 bits per heavy atom. The Bertz CT molecular complexity index is 879. The summed E-state index contributed by atoms with van der Waals surface area (Å²) in [6.45, 7) is 1.72. The first kappa shape index (κ1) is 18.6. The van der Waals surface area contributed by atoms with Gasteiger partial charge >= 0.3 is 6.03 Å². The first-order valence-electron chi connectivity index (χ1n) is 9.52. The minimum atomic E-state index is -0.560. The van der Waals surface area contributed by atoms with E-state index in [2.05, 4.69) is 28.1 Å². The molecule has 6 nitrogen and oxygen atoms in total. The second-order valence-corrected chi connectivity index (χ2v) is 7.69. The predicted octanol–water partition coefficient (Wildman–Crippen LogP) is 3.24. The molecule has 0 bridgehead atoms. The largest absolute Gasteiger partial charge is 0.361 e. The van der Waals surface area contributed by atoms with Gasteiger partial charge in [-0.2, -0.15) is 0 Å². The molecule has 3 N–H and O–H groups in total. The highest BCUT2D eigenvalue weighted by Crippen LogP contribution is 2.35. The Labute approximate surface area is 169 Å². The van der Waals surface area contributed by atoms with E-state index >= 15 is 0 Å². The fourth-order valence-electron chi connectivity index (χ4n) is 3.81. The summed E-state index contributed by atoms with van der Waals surface area (Å²) < 4.78 is 0. The van der Waals surface area contributed by atoms with E-state index in [-0.39, 0.29) is 11.9 Å². The van der Waals surface area contributed by atoms with Gasteiger partial charge in [-0.3, -0.25) is 4.79 Å². The molecule has 2 heterocycles. The van der Waals surface area contributed by atoms with Crippen molar-refractivity contribution in [2.45, 2.75) is 24.9 Å². The van der Waals surface area contributed by atoms with Gasteiger partial charge < -0.3 is 20.9 Å². The fourth-order valence-corrected chi connectivity index (χ4v) is 4.03. The van der Waals surface area contributed by atoms with Crippen molar-refractivity contribution in [3.63, 3.8) is 0 Å². The molecule has 4 rings (SSSR count). The summed E-state index contributed by atoms with van der Waals surface area (Å²) in [5, 5.41) is 10.0. The third-order valence-corrected chi connectivity index (χ3v) is 5.73. The number of piperidine rings is 1. The van der Waals surface area contributed by atoms with Gasteiger partial charge in [0.05, 0.1) is 16.3 Å². The molecule has 0 saturated carbocycles. The molecular formula is C21H23ClN4O2. The van der Waals surface area contributed by atoms with Crippen molar-refractivity contribution in [3.05, 3.63) is 64.7 Å². The van der Waals surface area contributed by atoms with Crippen LogP contribution in [0.1, 0.15) is 28.8 Å². The summed E-state index contributed by atoms with van der Waals surface area (Å²) in [6, 6.07) is 15.3. The molecule has 1 fully saturated rings. The molecule has 28 heavy (non-hydrogen) atoms. The number of amides is 3. The van der Waals surface area contributed by atoms with Gasteiger partial charge in [0.1, 0.15) is 5.66 Å². The third kappa shape index (κ3) is 3.78. The first-order valence-corrected chi connectivity index (χ1v) is 9.90. The molecule has 1 spiro atoms. The van der Waals surface area contributed by atoms with E-state index in [1.165, 1.54) is 5.56 Å². The van der Waals surface area contributed by atoms with Crippen LogP contribution in [0, 0.1) is 0 Å². The molecule has 0 radical (unpaired) electrons. The average Bonchev–Trinajstić information content (AvgIpc) is 2.70. The number of anilines is 1. The van der Waals surface area contributed by atoms with E-state index in [4.69, 9.17) is 11.6 Å². The van der Waals surface area contributed by atoms with E-state index in [9.17, 15) is 9.59 Å². The molecule has 0 atom stereocenters. The molecule has 2 aromatic rings. The molecule has 1 saturated heterocycles. The SMILES string of the molecule is O=C1NC2(CCN(C(=O)NCCc3ccccc3)CC2)Nc2c(Cl)cccc21. The Kier molecular flexibility index (Phi) is 5.13. The van der Waals surface area contributed by atoms with Gasteiger partial charge in [0, 0.05) is 32.5 Å². The van der Waals surface area contributed by atoms with E-state index in [1.807, 2.05) is 18.2 Å². The van der Waals surface area contributed by atoms with Crippen LogP contribution >= 0.6 is 11.6 Å².